The Kier molecular flexibility index (Phi) is 6.23. The zero-order valence-corrected chi connectivity index (χ0v) is 17.4. The second-order valence-corrected chi connectivity index (χ2v) is 7.98. The first kappa shape index (κ1) is 20.9. The SMILES string of the molecule is Cc1ccc(NC(=O)C(C)C)cc1NC(=O)C1CC(=O)N(c2cccc(Cl)c2)C1. The minimum absolute atomic E-state index is 0.0929. The molecule has 6 nitrogen and oxygen atoms in total. The second-order valence-electron chi connectivity index (χ2n) is 7.55. The van der Waals surface area contributed by atoms with E-state index in [1.165, 1.54) is 0 Å². The molecule has 1 saturated heterocycles. The van der Waals surface area contributed by atoms with Crippen LogP contribution in [0.4, 0.5) is 17.1 Å². The lowest BCUT2D eigenvalue weighted by Crippen LogP contribution is -2.28. The summed E-state index contributed by atoms with van der Waals surface area (Å²) in [5, 5.41) is 6.27. The van der Waals surface area contributed by atoms with Gasteiger partial charge in [-0.1, -0.05) is 37.6 Å². The van der Waals surface area contributed by atoms with Gasteiger partial charge in [-0.05, 0) is 42.8 Å². The molecule has 2 aromatic carbocycles. The second kappa shape index (κ2) is 8.66. The molecule has 2 aromatic rings. The van der Waals surface area contributed by atoms with Crippen LogP contribution in [0.5, 0.6) is 0 Å². The van der Waals surface area contributed by atoms with E-state index >= 15 is 0 Å². The normalized spacial score (nSPS) is 16.2. The third-order valence-corrected chi connectivity index (χ3v) is 5.14. The van der Waals surface area contributed by atoms with Crippen LogP contribution >= 0.6 is 11.6 Å². The van der Waals surface area contributed by atoms with Crippen LogP contribution in [0.3, 0.4) is 0 Å². The summed E-state index contributed by atoms with van der Waals surface area (Å²) in [5.74, 6) is -1.03. The number of amides is 3. The highest BCUT2D eigenvalue weighted by atomic mass is 35.5. The summed E-state index contributed by atoms with van der Waals surface area (Å²) in [6.45, 7) is 5.81. The molecule has 0 bridgehead atoms. The van der Waals surface area contributed by atoms with Crippen molar-refractivity contribution in [3.05, 3.63) is 53.1 Å². The lowest BCUT2D eigenvalue weighted by Gasteiger charge is -2.17. The minimum atomic E-state index is -0.463. The van der Waals surface area contributed by atoms with E-state index in [1.54, 1.807) is 41.3 Å². The van der Waals surface area contributed by atoms with Gasteiger partial charge >= 0.3 is 0 Å². The third-order valence-electron chi connectivity index (χ3n) is 4.90. The molecule has 0 spiro atoms. The molecule has 3 amide bonds. The Labute approximate surface area is 175 Å². The summed E-state index contributed by atoms with van der Waals surface area (Å²) in [7, 11) is 0. The van der Waals surface area contributed by atoms with Crippen LogP contribution in [0, 0.1) is 18.8 Å². The maximum atomic E-state index is 12.8. The Morgan fingerprint density at radius 2 is 1.90 bits per heavy atom. The van der Waals surface area contributed by atoms with E-state index in [0.29, 0.717) is 28.6 Å². The van der Waals surface area contributed by atoms with Gasteiger partial charge in [0, 0.05) is 41.0 Å². The van der Waals surface area contributed by atoms with Crippen molar-refractivity contribution >= 4 is 46.4 Å². The number of carbonyl (C=O) groups excluding carboxylic acids is 3. The van der Waals surface area contributed by atoms with Crippen molar-refractivity contribution in [2.75, 3.05) is 22.1 Å². The molecular weight excluding hydrogens is 390 g/mol. The number of anilines is 3. The fraction of sp³-hybridized carbons (Fsp3) is 0.318. The van der Waals surface area contributed by atoms with Gasteiger partial charge < -0.3 is 15.5 Å². The maximum Gasteiger partial charge on any atom is 0.229 e. The van der Waals surface area contributed by atoms with Crippen LogP contribution in [-0.4, -0.2) is 24.3 Å². The fourth-order valence-corrected chi connectivity index (χ4v) is 3.32. The van der Waals surface area contributed by atoms with Gasteiger partial charge in [0.1, 0.15) is 0 Å². The van der Waals surface area contributed by atoms with Crippen molar-refractivity contribution < 1.29 is 14.4 Å². The lowest BCUT2D eigenvalue weighted by atomic mass is 10.1. The summed E-state index contributed by atoms with van der Waals surface area (Å²) in [5.41, 5.74) is 2.79. The van der Waals surface area contributed by atoms with Gasteiger partial charge in [0.2, 0.25) is 17.7 Å². The van der Waals surface area contributed by atoms with Gasteiger partial charge in [-0.3, -0.25) is 14.4 Å². The average molecular weight is 414 g/mol. The van der Waals surface area contributed by atoms with Crippen LogP contribution in [-0.2, 0) is 14.4 Å². The number of nitrogens with one attached hydrogen (secondary N) is 2. The molecule has 0 aliphatic carbocycles. The topological polar surface area (TPSA) is 78.5 Å². The number of rotatable bonds is 5. The van der Waals surface area contributed by atoms with Crippen LogP contribution in [0.25, 0.3) is 0 Å². The van der Waals surface area contributed by atoms with E-state index in [9.17, 15) is 14.4 Å². The maximum absolute atomic E-state index is 12.8. The molecule has 152 valence electrons. The summed E-state index contributed by atoms with van der Waals surface area (Å²) < 4.78 is 0. The number of benzene rings is 2. The molecule has 1 aliphatic heterocycles. The highest BCUT2D eigenvalue weighted by Crippen LogP contribution is 2.29. The van der Waals surface area contributed by atoms with Crippen LogP contribution in [0.1, 0.15) is 25.8 Å². The zero-order chi connectivity index (χ0) is 21.1. The number of halogens is 1. The van der Waals surface area contributed by atoms with E-state index in [-0.39, 0.29) is 30.1 Å². The fourth-order valence-electron chi connectivity index (χ4n) is 3.13. The quantitative estimate of drug-likeness (QED) is 0.769. The third kappa shape index (κ3) is 4.95. The Bertz CT molecular complexity index is 958. The first-order valence-electron chi connectivity index (χ1n) is 9.53. The molecule has 29 heavy (non-hydrogen) atoms. The number of carbonyl (C=O) groups is 3. The molecule has 0 saturated carbocycles. The van der Waals surface area contributed by atoms with Crippen LogP contribution in [0.15, 0.2) is 42.5 Å². The van der Waals surface area contributed by atoms with Crippen molar-refractivity contribution in [1.29, 1.82) is 0 Å². The minimum Gasteiger partial charge on any atom is -0.326 e. The molecule has 1 fully saturated rings. The standard InChI is InChI=1S/C22H24ClN3O3/c1-13(2)21(28)24-17-8-7-14(3)19(11-17)25-22(29)15-9-20(27)26(12-15)18-6-4-5-16(23)10-18/h4-8,10-11,13,15H,9,12H2,1-3H3,(H,24,28)(H,25,29). The van der Waals surface area contributed by atoms with Crippen LogP contribution < -0.4 is 15.5 Å². The molecule has 0 radical (unpaired) electrons. The van der Waals surface area contributed by atoms with Crippen molar-refractivity contribution in [1.82, 2.24) is 0 Å². The molecule has 3 rings (SSSR count). The van der Waals surface area contributed by atoms with Crippen molar-refractivity contribution in [2.24, 2.45) is 11.8 Å². The molecule has 0 aromatic heterocycles. The smallest absolute Gasteiger partial charge is 0.229 e. The van der Waals surface area contributed by atoms with E-state index in [2.05, 4.69) is 10.6 Å². The molecule has 7 heteroatoms. The molecule has 1 heterocycles. The predicted molar refractivity (Wildman–Crippen MR) is 115 cm³/mol. The van der Waals surface area contributed by atoms with Crippen molar-refractivity contribution in [2.45, 2.75) is 27.2 Å². The molecular formula is C22H24ClN3O3. The van der Waals surface area contributed by atoms with Gasteiger partial charge in [0.15, 0.2) is 0 Å². The highest BCUT2D eigenvalue weighted by molar-refractivity contribution is 6.31. The van der Waals surface area contributed by atoms with Crippen molar-refractivity contribution in [3.8, 4) is 0 Å². The van der Waals surface area contributed by atoms with E-state index < -0.39 is 5.92 Å². The molecule has 2 N–H and O–H groups in total. The van der Waals surface area contributed by atoms with Gasteiger partial charge in [0.25, 0.3) is 0 Å². The summed E-state index contributed by atoms with van der Waals surface area (Å²) in [6, 6.07) is 12.4. The Morgan fingerprint density at radius 3 is 2.59 bits per heavy atom. The summed E-state index contributed by atoms with van der Waals surface area (Å²) in [4.78, 5) is 38.7. The summed E-state index contributed by atoms with van der Waals surface area (Å²) >= 11 is 6.02. The molecule has 1 unspecified atom stereocenters. The first-order chi connectivity index (χ1) is 13.7. The predicted octanol–water partition coefficient (Wildman–Crippen LogP) is 4.23. The number of aryl methyl sites for hydroxylation is 1. The Balaban J connectivity index is 1.70. The average Bonchev–Trinajstić information content (AvgIpc) is 3.06. The Hall–Kier alpha value is -2.86. The zero-order valence-electron chi connectivity index (χ0n) is 16.7. The van der Waals surface area contributed by atoms with E-state index in [0.717, 1.165) is 5.56 Å². The number of nitrogens with zero attached hydrogens (tertiary/aromatic N) is 1. The van der Waals surface area contributed by atoms with Gasteiger partial charge in [-0.2, -0.15) is 0 Å². The number of hydrogen-bond acceptors (Lipinski definition) is 3. The largest absolute Gasteiger partial charge is 0.326 e. The first-order valence-corrected chi connectivity index (χ1v) is 9.90. The lowest BCUT2D eigenvalue weighted by molar-refractivity contribution is -0.122. The highest BCUT2D eigenvalue weighted by Gasteiger charge is 2.35. The summed E-state index contributed by atoms with van der Waals surface area (Å²) in [6.07, 6.45) is 0.140. The van der Waals surface area contributed by atoms with Gasteiger partial charge in [-0.15, -0.1) is 0 Å². The van der Waals surface area contributed by atoms with Gasteiger partial charge in [0.05, 0.1) is 5.92 Å². The number of hydrogen-bond donors (Lipinski definition) is 2. The van der Waals surface area contributed by atoms with E-state index in [1.807, 2.05) is 26.8 Å². The monoisotopic (exact) mass is 413 g/mol. The van der Waals surface area contributed by atoms with E-state index in [4.69, 9.17) is 11.6 Å². The Morgan fingerprint density at radius 1 is 1.14 bits per heavy atom. The van der Waals surface area contributed by atoms with Crippen LogP contribution in [0.2, 0.25) is 5.02 Å². The van der Waals surface area contributed by atoms with Gasteiger partial charge in [-0.25, -0.2) is 0 Å². The van der Waals surface area contributed by atoms with Crippen molar-refractivity contribution in [3.63, 3.8) is 0 Å². The molecule has 1 aliphatic rings. The molecule has 1 atom stereocenters.